The SMILES string of the molecule is CN1C(=O)C2(C(=C(O)c3ccccc3)C(=O)C(=O)N2CC2CCCO2)c2ccccc21. The molecule has 2 atom stereocenters. The van der Waals surface area contributed by atoms with Crippen LogP contribution in [-0.2, 0) is 24.7 Å². The van der Waals surface area contributed by atoms with Gasteiger partial charge in [0.05, 0.1) is 11.7 Å². The van der Waals surface area contributed by atoms with Gasteiger partial charge in [0.25, 0.3) is 17.6 Å². The third kappa shape index (κ3) is 2.59. The Morgan fingerprint density at radius 2 is 1.81 bits per heavy atom. The number of hydrogen-bond acceptors (Lipinski definition) is 5. The van der Waals surface area contributed by atoms with Crippen LogP contribution in [0.4, 0.5) is 5.69 Å². The maximum Gasteiger partial charge on any atom is 0.296 e. The first-order valence-corrected chi connectivity index (χ1v) is 10.3. The topological polar surface area (TPSA) is 87.2 Å². The summed E-state index contributed by atoms with van der Waals surface area (Å²) in [5.74, 6) is -2.46. The average Bonchev–Trinajstić information content (AvgIpc) is 3.45. The number of aliphatic hydroxyl groups is 1. The Hall–Kier alpha value is -3.45. The third-order valence-electron chi connectivity index (χ3n) is 6.40. The number of aliphatic hydroxyl groups excluding tert-OH is 1. The van der Waals surface area contributed by atoms with Crippen LogP contribution in [0.25, 0.3) is 5.76 Å². The molecule has 2 saturated heterocycles. The molecule has 1 N–H and O–H groups in total. The molecule has 5 rings (SSSR count). The molecule has 0 bridgehead atoms. The fourth-order valence-corrected chi connectivity index (χ4v) is 4.95. The van der Waals surface area contributed by atoms with E-state index in [9.17, 15) is 19.5 Å². The molecule has 0 aliphatic carbocycles. The molecule has 2 fully saturated rings. The fraction of sp³-hybridized carbons (Fsp3) is 0.292. The number of carbonyl (C=O) groups excluding carboxylic acids is 3. The quantitative estimate of drug-likeness (QED) is 0.470. The summed E-state index contributed by atoms with van der Waals surface area (Å²) in [4.78, 5) is 43.1. The summed E-state index contributed by atoms with van der Waals surface area (Å²) < 4.78 is 5.72. The molecule has 2 amide bonds. The lowest BCUT2D eigenvalue weighted by atomic mass is 9.81. The van der Waals surface area contributed by atoms with Crippen molar-refractivity contribution in [3.8, 4) is 0 Å². The van der Waals surface area contributed by atoms with Gasteiger partial charge in [-0.05, 0) is 18.9 Å². The first-order valence-electron chi connectivity index (χ1n) is 10.3. The van der Waals surface area contributed by atoms with Gasteiger partial charge in [-0.15, -0.1) is 0 Å². The third-order valence-corrected chi connectivity index (χ3v) is 6.40. The van der Waals surface area contributed by atoms with E-state index in [2.05, 4.69) is 0 Å². The van der Waals surface area contributed by atoms with Gasteiger partial charge in [-0.1, -0.05) is 48.5 Å². The number of hydrogen-bond donors (Lipinski definition) is 1. The molecule has 0 radical (unpaired) electrons. The van der Waals surface area contributed by atoms with Crippen LogP contribution in [0.2, 0.25) is 0 Å². The summed E-state index contributed by atoms with van der Waals surface area (Å²) >= 11 is 0. The molecule has 31 heavy (non-hydrogen) atoms. The van der Waals surface area contributed by atoms with Gasteiger partial charge in [-0.25, -0.2) is 0 Å². The second-order valence-corrected chi connectivity index (χ2v) is 8.06. The molecule has 7 nitrogen and oxygen atoms in total. The predicted octanol–water partition coefficient (Wildman–Crippen LogP) is 2.42. The molecule has 2 aromatic rings. The number of fused-ring (bicyclic) bond motifs is 2. The number of Topliss-reactive ketones (excluding diaryl/α,β-unsaturated/α-hetero) is 1. The smallest absolute Gasteiger partial charge is 0.296 e. The summed E-state index contributed by atoms with van der Waals surface area (Å²) in [6.07, 6.45) is 1.33. The van der Waals surface area contributed by atoms with Crippen LogP contribution in [0, 0.1) is 0 Å². The summed E-state index contributed by atoms with van der Waals surface area (Å²) in [5.41, 5.74) is -0.422. The molecule has 1 spiro atoms. The molecule has 3 aliphatic rings. The van der Waals surface area contributed by atoms with Gasteiger partial charge >= 0.3 is 0 Å². The van der Waals surface area contributed by atoms with Crippen molar-refractivity contribution in [2.24, 2.45) is 0 Å². The van der Waals surface area contributed by atoms with E-state index < -0.39 is 23.1 Å². The van der Waals surface area contributed by atoms with E-state index in [1.54, 1.807) is 61.6 Å². The minimum atomic E-state index is -1.72. The monoisotopic (exact) mass is 418 g/mol. The van der Waals surface area contributed by atoms with E-state index in [1.807, 2.05) is 0 Å². The van der Waals surface area contributed by atoms with Gasteiger partial charge in [-0.3, -0.25) is 14.4 Å². The molecular weight excluding hydrogens is 396 g/mol. The molecule has 2 aromatic carbocycles. The Balaban J connectivity index is 1.80. The number of nitrogens with zero attached hydrogens (tertiary/aromatic N) is 2. The minimum absolute atomic E-state index is 0.101. The fourth-order valence-electron chi connectivity index (χ4n) is 4.95. The zero-order chi connectivity index (χ0) is 21.8. The number of ether oxygens (including phenoxy) is 1. The van der Waals surface area contributed by atoms with Crippen LogP contribution in [0.3, 0.4) is 0 Å². The lowest BCUT2D eigenvalue weighted by Crippen LogP contribution is -2.53. The molecule has 3 heterocycles. The van der Waals surface area contributed by atoms with Crippen molar-refractivity contribution in [1.82, 2.24) is 4.90 Å². The highest BCUT2D eigenvalue weighted by Gasteiger charge is 2.66. The Morgan fingerprint density at radius 1 is 1.10 bits per heavy atom. The zero-order valence-electron chi connectivity index (χ0n) is 17.1. The van der Waals surface area contributed by atoms with Crippen LogP contribution >= 0.6 is 0 Å². The first-order chi connectivity index (χ1) is 15.0. The van der Waals surface area contributed by atoms with E-state index >= 15 is 0 Å². The van der Waals surface area contributed by atoms with E-state index in [1.165, 1.54) is 9.80 Å². The van der Waals surface area contributed by atoms with Gasteiger partial charge in [-0.2, -0.15) is 0 Å². The van der Waals surface area contributed by atoms with Crippen LogP contribution in [-0.4, -0.2) is 53.9 Å². The highest BCUT2D eigenvalue weighted by molar-refractivity contribution is 6.50. The number of carbonyl (C=O) groups is 3. The summed E-state index contributed by atoms with van der Waals surface area (Å²) in [5, 5.41) is 11.2. The minimum Gasteiger partial charge on any atom is -0.507 e. The van der Waals surface area contributed by atoms with Crippen LogP contribution in [0.15, 0.2) is 60.2 Å². The second-order valence-electron chi connectivity index (χ2n) is 8.06. The largest absolute Gasteiger partial charge is 0.507 e. The molecular formula is C24H22N2O5. The maximum absolute atomic E-state index is 13.8. The van der Waals surface area contributed by atoms with Crippen molar-refractivity contribution in [2.45, 2.75) is 24.5 Å². The average molecular weight is 418 g/mol. The number of benzene rings is 2. The molecule has 0 aromatic heterocycles. The summed E-state index contributed by atoms with van der Waals surface area (Å²) in [6.45, 7) is 0.681. The molecule has 158 valence electrons. The summed E-state index contributed by atoms with van der Waals surface area (Å²) in [7, 11) is 1.62. The van der Waals surface area contributed by atoms with E-state index in [4.69, 9.17) is 4.74 Å². The van der Waals surface area contributed by atoms with E-state index in [-0.39, 0.29) is 24.0 Å². The highest BCUT2D eigenvalue weighted by Crippen LogP contribution is 2.53. The molecule has 2 unspecified atom stereocenters. The summed E-state index contributed by atoms with van der Waals surface area (Å²) in [6, 6.07) is 15.6. The lowest BCUT2D eigenvalue weighted by molar-refractivity contribution is -0.145. The predicted molar refractivity (Wildman–Crippen MR) is 113 cm³/mol. The number of likely N-dealkylation sites (tertiary alicyclic amines) is 1. The molecule has 0 saturated carbocycles. The van der Waals surface area contributed by atoms with Crippen molar-refractivity contribution in [3.05, 3.63) is 71.3 Å². The lowest BCUT2D eigenvalue weighted by Gasteiger charge is -2.35. The number of likely N-dealkylation sites (N-methyl/N-ethyl adjacent to an activating group) is 1. The molecule has 7 heteroatoms. The Kier molecular flexibility index (Phi) is 4.44. The standard InChI is InChI=1S/C24H22N2O5/c1-25-18-12-6-5-11-17(18)24(23(25)30)19(20(27)15-8-3-2-4-9-15)21(28)22(29)26(24)14-16-10-7-13-31-16/h2-6,8-9,11-12,16,27H,7,10,13-14H2,1H3. The molecule has 3 aliphatic heterocycles. The van der Waals surface area contributed by atoms with Crippen LogP contribution in [0.5, 0.6) is 0 Å². The highest BCUT2D eigenvalue weighted by atomic mass is 16.5. The normalized spacial score (nSPS) is 26.9. The number of ketones is 1. The number of anilines is 1. The van der Waals surface area contributed by atoms with Crippen LogP contribution in [0.1, 0.15) is 24.0 Å². The van der Waals surface area contributed by atoms with Gasteiger partial charge < -0.3 is 19.6 Å². The number of para-hydroxylation sites is 1. The van der Waals surface area contributed by atoms with Crippen molar-refractivity contribution >= 4 is 29.0 Å². The van der Waals surface area contributed by atoms with E-state index in [0.29, 0.717) is 23.4 Å². The van der Waals surface area contributed by atoms with Crippen LogP contribution < -0.4 is 4.90 Å². The van der Waals surface area contributed by atoms with Crippen molar-refractivity contribution < 1.29 is 24.2 Å². The number of amides is 2. The number of rotatable bonds is 3. The van der Waals surface area contributed by atoms with Gasteiger partial charge in [0.15, 0.2) is 5.54 Å². The van der Waals surface area contributed by atoms with Crippen molar-refractivity contribution in [3.63, 3.8) is 0 Å². The van der Waals surface area contributed by atoms with Crippen molar-refractivity contribution in [1.29, 1.82) is 0 Å². The van der Waals surface area contributed by atoms with Gasteiger partial charge in [0.1, 0.15) is 5.76 Å². The van der Waals surface area contributed by atoms with Gasteiger partial charge in [0, 0.05) is 37.0 Å². The van der Waals surface area contributed by atoms with Gasteiger partial charge in [0.2, 0.25) is 0 Å². The Bertz CT molecular complexity index is 1120. The maximum atomic E-state index is 13.8. The Morgan fingerprint density at radius 3 is 2.52 bits per heavy atom. The van der Waals surface area contributed by atoms with E-state index in [0.717, 1.165) is 12.8 Å². The first kappa shape index (κ1) is 19.5. The zero-order valence-corrected chi connectivity index (χ0v) is 17.1. The second kappa shape index (κ2) is 7.06. The van der Waals surface area contributed by atoms with Crippen molar-refractivity contribution in [2.75, 3.05) is 25.1 Å². The Labute approximate surface area is 179 Å².